The lowest BCUT2D eigenvalue weighted by Crippen LogP contribution is -2.46. The molecule has 1 aliphatic rings. The number of hydrogen-bond acceptors (Lipinski definition) is 6. The van der Waals surface area contributed by atoms with Crippen LogP contribution in [0.5, 0.6) is 5.88 Å². The Balaban J connectivity index is 1.34. The standard InChI is InChI=1S/C20H21FN4OS/c21-18-9-5-4-8-17(18)15-26-20-19(22-27-23-20)25-12-10-24(11-13-25)14-16-6-2-1-3-7-16/h1-9H,10-15H2. The van der Waals surface area contributed by atoms with Crippen LogP contribution in [0, 0.1) is 5.82 Å². The van der Waals surface area contributed by atoms with Crippen molar-refractivity contribution < 1.29 is 9.13 Å². The molecule has 7 heteroatoms. The van der Waals surface area contributed by atoms with Gasteiger partial charge in [-0.3, -0.25) is 4.90 Å². The Labute approximate surface area is 162 Å². The van der Waals surface area contributed by atoms with Crippen LogP contribution in [0.1, 0.15) is 11.1 Å². The van der Waals surface area contributed by atoms with Crippen molar-refractivity contribution in [3.05, 3.63) is 71.5 Å². The van der Waals surface area contributed by atoms with Crippen molar-refractivity contribution in [1.82, 2.24) is 13.6 Å². The molecule has 1 fully saturated rings. The zero-order valence-corrected chi connectivity index (χ0v) is 15.7. The number of nitrogens with zero attached hydrogens (tertiary/aromatic N) is 4. The van der Waals surface area contributed by atoms with Crippen LogP contribution in [-0.2, 0) is 13.2 Å². The van der Waals surface area contributed by atoms with Crippen LogP contribution in [0.4, 0.5) is 10.2 Å². The minimum absolute atomic E-state index is 0.152. The fourth-order valence-electron chi connectivity index (χ4n) is 3.18. The molecule has 1 saturated heterocycles. The summed E-state index contributed by atoms with van der Waals surface area (Å²) in [4.78, 5) is 4.63. The highest BCUT2D eigenvalue weighted by Gasteiger charge is 2.23. The van der Waals surface area contributed by atoms with E-state index in [2.05, 4.69) is 42.8 Å². The van der Waals surface area contributed by atoms with Crippen LogP contribution in [0.25, 0.3) is 0 Å². The molecular formula is C20H21FN4OS. The average Bonchev–Trinajstić information content (AvgIpc) is 3.17. The molecule has 0 atom stereocenters. The molecule has 1 aliphatic heterocycles. The highest BCUT2D eigenvalue weighted by molar-refractivity contribution is 6.99. The molecule has 0 bridgehead atoms. The Kier molecular flexibility index (Phi) is 5.60. The fourth-order valence-corrected chi connectivity index (χ4v) is 3.70. The van der Waals surface area contributed by atoms with Gasteiger partial charge in [-0.2, -0.15) is 4.37 Å². The quantitative estimate of drug-likeness (QED) is 0.650. The third-order valence-electron chi connectivity index (χ3n) is 4.69. The smallest absolute Gasteiger partial charge is 0.271 e. The minimum Gasteiger partial charge on any atom is -0.469 e. The molecule has 0 radical (unpaired) electrons. The molecular weight excluding hydrogens is 363 g/mol. The molecule has 2 heterocycles. The van der Waals surface area contributed by atoms with Crippen LogP contribution >= 0.6 is 11.7 Å². The third kappa shape index (κ3) is 4.43. The van der Waals surface area contributed by atoms with Gasteiger partial charge in [0.05, 0.1) is 11.7 Å². The van der Waals surface area contributed by atoms with E-state index in [1.165, 1.54) is 11.6 Å². The molecule has 5 nitrogen and oxygen atoms in total. The average molecular weight is 384 g/mol. The fraction of sp³-hybridized carbons (Fsp3) is 0.300. The summed E-state index contributed by atoms with van der Waals surface area (Å²) < 4.78 is 28.2. The number of rotatable bonds is 6. The summed E-state index contributed by atoms with van der Waals surface area (Å²) >= 11 is 1.13. The molecule has 3 aromatic rings. The zero-order valence-electron chi connectivity index (χ0n) is 14.9. The first-order valence-corrected chi connectivity index (χ1v) is 9.72. The summed E-state index contributed by atoms with van der Waals surface area (Å²) in [5, 5.41) is 0. The highest BCUT2D eigenvalue weighted by atomic mass is 32.1. The minimum atomic E-state index is -0.267. The van der Waals surface area contributed by atoms with Crippen molar-refractivity contribution in [2.24, 2.45) is 0 Å². The molecule has 0 unspecified atom stereocenters. The van der Waals surface area contributed by atoms with Crippen molar-refractivity contribution in [2.45, 2.75) is 13.2 Å². The van der Waals surface area contributed by atoms with E-state index in [4.69, 9.17) is 4.74 Å². The van der Waals surface area contributed by atoms with E-state index in [0.717, 1.165) is 50.3 Å². The van der Waals surface area contributed by atoms with Gasteiger partial charge < -0.3 is 9.64 Å². The van der Waals surface area contributed by atoms with Gasteiger partial charge in [0, 0.05) is 38.3 Å². The lowest BCUT2D eigenvalue weighted by atomic mass is 10.2. The van der Waals surface area contributed by atoms with Gasteiger partial charge in [-0.1, -0.05) is 48.5 Å². The molecule has 27 heavy (non-hydrogen) atoms. The van der Waals surface area contributed by atoms with E-state index in [1.54, 1.807) is 18.2 Å². The molecule has 0 saturated carbocycles. The maximum Gasteiger partial charge on any atom is 0.271 e. The SMILES string of the molecule is Fc1ccccc1COc1nsnc1N1CCN(Cc2ccccc2)CC1. The van der Waals surface area contributed by atoms with Crippen LogP contribution in [0.2, 0.25) is 0 Å². The summed E-state index contributed by atoms with van der Waals surface area (Å²) in [6.07, 6.45) is 0. The van der Waals surface area contributed by atoms with Crippen LogP contribution in [0.3, 0.4) is 0 Å². The second kappa shape index (κ2) is 8.45. The Hall–Kier alpha value is -2.51. The predicted molar refractivity (Wildman–Crippen MR) is 105 cm³/mol. The van der Waals surface area contributed by atoms with Gasteiger partial charge in [-0.25, -0.2) is 4.39 Å². The van der Waals surface area contributed by atoms with Crippen molar-refractivity contribution in [3.8, 4) is 5.88 Å². The van der Waals surface area contributed by atoms with E-state index < -0.39 is 0 Å². The van der Waals surface area contributed by atoms with E-state index in [-0.39, 0.29) is 12.4 Å². The summed E-state index contributed by atoms with van der Waals surface area (Å²) in [6.45, 7) is 4.76. The van der Waals surface area contributed by atoms with Crippen molar-refractivity contribution in [2.75, 3.05) is 31.1 Å². The van der Waals surface area contributed by atoms with Crippen molar-refractivity contribution in [1.29, 1.82) is 0 Å². The monoisotopic (exact) mass is 384 g/mol. The van der Waals surface area contributed by atoms with E-state index in [0.29, 0.717) is 11.4 Å². The first kappa shape index (κ1) is 17.9. The highest BCUT2D eigenvalue weighted by Crippen LogP contribution is 2.27. The van der Waals surface area contributed by atoms with Gasteiger partial charge in [0.15, 0.2) is 0 Å². The molecule has 0 N–H and O–H groups in total. The number of benzene rings is 2. The first-order valence-electron chi connectivity index (χ1n) is 8.99. The maximum absolute atomic E-state index is 13.8. The van der Waals surface area contributed by atoms with Gasteiger partial charge in [-0.15, -0.1) is 4.37 Å². The first-order chi connectivity index (χ1) is 13.3. The summed E-state index contributed by atoms with van der Waals surface area (Å²) in [5.41, 5.74) is 1.85. The zero-order chi connectivity index (χ0) is 18.5. The Morgan fingerprint density at radius 3 is 2.44 bits per heavy atom. The van der Waals surface area contributed by atoms with Gasteiger partial charge in [0.1, 0.15) is 12.4 Å². The molecule has 4 rings (SSSR count). The largest absolute Gasteiger partial charge is 0.469 e. The second-order valence-corrected chi connectivity index (χ2v) is 7.05. The number of anilines is 1. The number of hydrogen-bond donors (Lipinski definition) is 0. The van der Waals surface area contributed by atoms with E-state index in [1.807, 2.05) is 6.07 Å². The molecule has 0 amide bonds. The van der Waals surface area contributed by atoms with Crippen molar-refractivity contribution in [3.63, 3.8) is 0 Å². The number of piperazine rings is 1. The van der Waals surface area contributed by atoms with E-state index in [9.17, 15) is 4.39 Å². The van der Waals surface area contributed by atoms with E-state index >= 15 is 0 Å². The Bertz CT molecular complexity index is 865. The van der Waals surface area contributed by atoms with Crippen LogP contribution in [-0.4, -0.2) is 39.8 Å². The number of halogens is 1. The van der Waals surface area contributed by atoms with Gasteiger partial charge >= 0.3 is 0 Å². The number of ether oxygens (including phenoxy) is 1. The summed E-state index contributed by atoms with van der Waals surface area (Å²) in [6, 6.07) is 17.1. The third-order valence-corrected chi connectivity index (χ3v) is 5.19. The van der Waals surface area contributed by atoms with Gasteiger partial charge in [0.25, 0.3) is 5.88 Å². The molecule has 1 aromatic heterocycles. The van der Waals surface area contributed by atoms with Gasteiger partial charge in [0.2, 0.25) is 5.82 Å². The molecule has 2 aromatic carbocycles. The predicted octanol–water partition coefficient (Wildman–Crippen LogP) is 3.58. The van der Waals surface area contributed by atoms with Crippen LogP contribution < -0.4 is 9.64 Å². The number of aromatic nitrogens is 2. The lowest BCUT2D eigenvalue weighted by Gasteiger charge is -2.34. The molecule has 0 spiro atoms. The van der Waals surface area contributed by atoms with Crippen LogP contribution in [0.15, 0.2) is 54.6 Å². The van der Waals surface area contributed by atoms with Crippen molar-refractivity contribution >= 4 is 17.5 Å². The Morgan fingerprint density at radius 1 is 0.926 bits per heavy atom. The molecule has 0 aliphatic carbocycles. The topological polar surface area (TPSA) is 41.5 Å². The molecule has 140 valence electrons. The summed E-state index contributed by atoms with van der Waals surface area (Å²) in [7, 11) is 0. The summed E-state index contributed by atoms with van der Waals surface area (Å²) in [5.74, 6) is 0.979. The maximum atomic E-state index is 13.8. The Morgan fingerprint density at radius 2 is 1.67 bits per heavy atom. The lowest BCUT2D eigenvalue weighted by molar-refractivity contribution is 0.246. The second-order valence-electron chi connectivity index (χ2n) is 6.52. The van der Waals surface area contributed by atoms with Gasteiger partial charge in [-0.05, 0) is 11.6 Å². The normalized spacial score (nSPS) is 15.1.